The molecule has 0 bridgehead atoms. The Bertz CT molecular complexity index is 698. The van der Waals surface area contributed by atoms with Crippen LogP contribution in [0.4, 0.5) is 0 Å². The molecule has 3 heterocycles. The Hall–Kier alpha value is -2.90. The number of hydrogen-bond donors (Lipinski definition) is 1. The Balaban J connectivity index is 1.87. The number of nitrogens with zero attached hydrogens (tertiary/aromatic N) is 4. The molecule has 1 N–H and O–H groups in total. The molecular weight excluding hydrogens is 252 g/mol. The number of hydrogen-bond acceptors (Lipinski definition) is 6. The van der Waals surface area contributed by atoms with Crippen molar-refractivity contribution < 1.29 is 18.7 Å². The van der Waals surface area contributed by atoms with Gasteiger partial charge in [0, 0.05) is 0 Å². The zero-order valence-corrected chi connectivity index (χ0v) is 9.55. The summed E-state index contributed by atoms with van der Waals surface area (Å²) in [5, 5.41) is 20.0. The third kappa shape index (κ3) is 2.10. The first-order chi connectivity index (χ1) is 9.24. The number of carboxylic acids is 1. The van der Waals surface area contributed by atoms with E-state index in [0.29, 0.717) is 17.3 Å². The number of aromatic carboxylic acids is 1. The smallest absolute Gasteiger partial charge is 0.371 e. The number of furan rings is 2. The second kappa shape index (κ2) is 4.41. The molecule has 0 saturated heterocycles. The van der Waals surface area contributed by atoms with Gasteiger partial charge in [-0.3, -0.25) is 0 Å². The van der Waals surface area contributed by atoms with Crippen molar-refractivity contribution in [3.63, 3.8) is 0 Å². The van der Waals surface area contributed by atoms with Crippen LogP contribution < -0.4 is 0 Å². The van der Waals surface area contributed by atoms with Crippen LogP contribution in [0.2, 0.25) is 0 Å². The van der Waals surface area contributed by atoms with Gasteiger partial charge in [0.25, 0.3) is 0 Å². The Labute approximate surface area is 106 Å². The molecule has 0 aliphatic heterocycles. The van der Waals surface area contributed by atoms with Crippen molar-refractivity contribution in [2.24, 2.45) is 0 Å². The predicted molar refractivity (Wildman–Crippen MR) is 60.3 cm³/mol. The summed E-state index contributed by atoms with van der Waals surface area (Å²) in [4.78, 5) is 10.7. The third-order valence-corrected chi connectivity index (χ3v) is 2.45. The molecule has 0 aliphatic rings. The highest BCUT2D eigenvalue weighted by molar-refractivity contribution is 5.84. The summed E-state index contributed by atoms with van der Waals surface area (Å²) in [7, 11) is 0. The number of rotatable bonds is 4. The molecular formula is C11H8N4O4. The maximum absolute atomic E-state index is 10.7. The minimum Gasteiger partial charge on any atom is -0.475 e. The van der Waals surface area contributed by atoms with Crippen LogP contribution in [0.25, 0.3) is 11.6 Å². The van der Waals surface area contributed by atoms with E-state index in [4.69, 9.17) is 13.9 Å². The fourth-order valence-corrected chi connectivity index (χ4v) is 1.62. The third-order valence-electron chi connectivity index (χ3n) is 2.45. The van der Waals surface area contributed by atoms with Crippen molar-refractivity contribution in [2.75, 3.05) is 0 Å². The van der Waals surface area contributed by atoms with Crippen LogP contribution in [0.5, 0.6) is 0 Å². The zero-order valence-electron chi connectivity index (χ0n) is 9.55. The van der Waals surface area contributed by atoms with Gasteiger partial charge in [-0.15, -0.1) is 5.10 Å². The molecule has 3 rings (SSSR count). The zero-order chi connectivity index (χ0) is 13.2. The van der Waals surface area contributed by atoms with Crippen molar-refractivity contribution in [3.8, 4) is 11.6 Å². The van der Waals surface area contributed by atoms with E-state index in [1.165, 1.54) is 17.0 Å². The molecule has 3 aromatic rings. The van der Waals surface area contributed by atoms with Crippen LogP contribution >= 0.6 is 0 Å². The summed E-state index contributed by atoms with van der Waals surface area (Å²) in [6.45, 7) is 0.219. The Morgan fingerprint density at radius 2 is 2.26 bits per heavy atom. The summed E-state index contributed by atoms with van der Waals surface area (Å²) < 4.78 is 11.8. The molecule has 0 amide bonds. The number of carboxylic acid groups (broad SMARTS) is 1. The van der Waals surface area contributed by atoms with Gasteiger partial charge in [-0.2, -0.15) is 0 Å². The lowest BCUT2D eigenvalue weighted by molar-refractivity contribution is 0.0660. The van der Waals surface area contributed by atoms with Gasteiger partial charge in [0.1, 0.15) is 12.3 Å². The number of carbonyl (C=O) groups is 1. The molecule has 0 spiro atoms. The SMILES string of the molecule is O=C(O)c1ccc(Cn2nnnc2-c2ccco2)o1. The van der Waals surface area contributed by atoms with Crippen molar-refractivity contribution in [1.82, 2.24) is 20.2 Å². The standard InChI is InChI=1S/C11H8N4O4/c16-11(17)9-4-3-7(19-9)6-15-10(12-13-14-15)8-2-1-5-18-8/h1-5H,6H2,(H,16,17). The lowest BCUT2D eigenvalue weighted by Crippen LogP contribution is -2.03. The fourth-order valence-electron chi connectivity index (χ4n) is 1.62. The largest absolute Gasteiger partial charge is 0.475 e. The van der Waals surface area contributed by atoms with E-state index >= 15 is 0 Å². The van der Waals surface area contributed by atoms with E-state index < -0.39 is 5.97 Å². The van der Waals surface area contributed by atoms with Gasteiger partial charge in [0.15, 0.2) is 5.76 Å². The molecule has 0 fully saturated rings. The van der Waals surface area contributed by atoms with E-state index in [9.17, 15) is 4.79 Å². The van der Waals surface area contributed by atoms with Crippen molar-refractivity contribution >= 4 is 5.97 Å². The minimum atomic E-state index is -1.12. The topological polar surface area (TPSA) is 107 Å². The van der Waals surface area contributed by atoms with Gasteiger partial charge in [-0.25, -0.2) is 9.48 Å². The highest BCUT2D eigenvalue weighted by atomic mass is 16.4. The second-order valence-electron chi connectivity index (χ2n) is 3.71. The van der Waals surface area contributed by atoms with Gasteiger partial charge in [0.05, 0.1) is 6.26 Å². The van der Waals surface area contributed by atoms with E-state index in [2.05, 4.69) is 15.5 Å². The molecule has 0 unspecified atom stereocenters. The van der Waals surface area contributed by atoms with Crippen LogP contribution in [-0.4, -0.2) is 31.3 Å². The van der Waals surface area contributed by atoms with Crippen molar-refractivity contribution in [3.05, 3.63) is 42.0 Å². The summed E-state index contributed by atoms with van der Waals surface area (Å²) in [5.41, 5.74) is 0. The summed E-state index contributed by atoms with van der Waals surface area (Å²) in [6.07, 6.45) is 1.52. The Morgan fingerprint density at radius 1 is 1.37 bits per heavy atom. The summed E-state index contributed by atoms with van der Waals surface area (Å²) in [6, 6.07) is 6.41. The van der Waals surface area contributed by atoms with E-state index in [-0.39, 0.29) is 12.3 Å². The van der Waals surface area contributed by atoms with Crippen LogP contribution in [-0.2, 0) is 6.54 Å². The molecule has 0 aliphatic carbocycles. The van der Waals surface area contributed by atoms with Gasteiger partial charge < -0.3 is 13.9 Å². The van der Waals surface area contributed by atoms with Crippen LogP contribution in [0.1, 0.15) is 16.3 Å². The van der Waals surface area contributed by atoms with Gasteiger partial charge in [0.2, 0.25) is 11.6 Å². The van der Waals surface area contributed by atoms with Crippen molar-refractivity contribution in [1.29, 1.82) is 0 Å². The highest BCUT2D eigenvalue weighted by Gasteiger charge is 2.14. The second-order valence-corrected chi connectivity index (χ2v) is 3.71. The van der Waals surface area contributed by atoms with Crippen LogP contribution in [0.15, 0.2) is 39.4 Å². The molecule has 8 nitrogen and oxygen atoms in total. The lowest BCUT2D eigenvalue weighted by Gasteiger charge is -1.99. The lowest BCUT2D eigenvalue weighted by atomic mass is 10.4. The first-order valence-electron chi connectivity index (χ1n) is 5.36. The van der Waals surface area contributed by atoms with Gasteiger partial charge in [-0.1, -0.05) is 0 Å². The first-order valence-corrected chi connectivity index (χ1v) is 5.36. The quantitative estimate of drug-likeness (QED) is 0.752. The van der Waals surface area contributed by atoms with E-state index in [1.807, 2.05) is 0 Å². The minimum absolute atomic E-state index is 0.123. The molecule has 0 atom stereocenters. The molecule has 3 aromatic heterocycles. The fraction of sp³-hybridized carbons (Fsp3) is 0.0909. The first kappa shape index (κ1) is 11.2. The number of aromatic nitrogens is 4. The molecule has 0 radical (unpaired) electrons. The molecule has 0 aromatic carbocycles. The molecule has 8 heteroatoms. The maximum atomic E-state index is 10.7. The van der Waals surface area contributed by atoms with Crippen molar-refractivity contribution in [2.45, 2.75) is 6.54 Å². The molecule has 0 saturated carbocycles. The summed E-state index contributed by atoms with van der Waals surface area (Å²) in [5.74, 6) is 0.169. The Kier molecular flexibility index (Phi) is 2.60. The summed E-state index contributed by atoms with van der Waals surface area (Å²) >= 11 is 0. The van der Waals surface area contributed by atoms with Gasteiger partial charge >= 0.3 is 5.97 Å². The number of tetrazole rings is 1. The predicted octanol–water partition coefficient (Wildman–Crippen LogP) is 1.27. The average Bonchev–Trinajstić information content (AvgIpc) is 3.09. The maximum Gasteiger partial charge on any atom is 0.371 e. The molecule has 96 valence electrons. The molecule has 19 heavy (non-hydrogen) atoms. The average molecular weight is 260 g/mol. The van der Waals surface area contributed by atoms with Crippen LogP contribution in [0.3, 0.4) is 0 Å². The van der Waals surface area contributed by atoms with Gasteiger partial charge in [-0.05, 0) is 34.7 Å². The van der Waals surface area contributed by atoms with E-state index in [0.717, 1.165) is 0 Å². The van der Waals surface area contributed by atoms with Crippen LogP contribution in [0, 0.1) is 0 Å². The highest BCUT2D eigenvalue weighted by Crippen LogP contribution is 2.17. The Morgan fingerprint density at radius 3 is 2.95 bits per heavy atom. The monoisotopic (exact) mass is 260 g/mol. The van der Waals surface area contributed by atoms with E-state index in [1.54, 1.807) is 18.2 Å². The normalized spacial score (nSPS) is 10.7.